The predicted octanol–water partition coefficient (Wildman–Crippen LogP) is 1.82. The molecule has 0 saturated heterocycles. The number of nitrogens with two attached hydrogens (primary N) is 1. The van der Waals surface area contributed by atoms with Crippen molar-refractivity contribution in [2.75, 3.05) is 16.9 Å². The highest BCUT2D eigenvalue weighted by atomic mass is 32.1. The molecule has 1 unspecified atom stereocenters. The van der Waals surface area contributed by atoms with Crippen molar-refractivity contribution in [1.29, 1.82) is 0 Å². The van der Waals surface area contributed by atoms with Crippen molar-refractivity contribution < 1.29 is 0 Å². The van der Waals surface area contributed by atoms with Crippen LogP contribution >= 0.6 is 11.3 Å². The maximum Gasteiger partial charge on any atom is 0.241 e. The lowest BCUT2D eigenvalue weighted by Gasteiger charge is -2.34. The van der Waals surface area contributed by atoms with Gasteiger partial charge in [0.05, 0.1) is 17.6 Å². The summed E-state index contributed by atoms with van der Waals surface area (Å²) in [6.07, 6.45) is 2.80. The van der Waals surface area contributed by atoms with Crippen molar-refractivity contribution >= 4 is 34.1 Å². The van der Waals surface area contributed by atoms with E-state index in [-0.39, 0.29) is 6.04 Å². The molecular weight excluding hydrogens is 286 g/mol. The number of nitrogens with zero attached hydrogens (tertiary/aromatic N) is 4. The van der Waals surface area contributed by atoms with Crippen LogP contribution < -0.4 is 16.2 Å². The molecule has 0 saturated carbocycles. The fourth-order valence-electron chi connectivity index (χ4n) is 2.90. The molecule has 8 heteroatoms. The minimum Gasteiger partial charge on any atom is -0.349 e. The number of aromatic nitrogens is 4. The van der Waals surface area contributed by atoms with E-state index >= 15 is 0 Å². The maximum atomic E-state index is 5.48. The zero-order valence-corrected chi connectivity index (χ0v) is 12.3. The number of hydrogen-bond donors (Lipinski definition) is 3. The molecule has 21 heavy (non-hydrogen) atoms. The summed E-state index contributed by atoms with van der Waals surface area (Å²) in [4.78, 5) is 12.6. The molecular formula is C13H15N7S. The second kappa shape index (κ2) is 4.68. The molecule has 0 spiro atoms. The summed E-state index contributed by atoms with van der Waals surface area (Å²) in [5, 5.41) is 10.0. The molecule has 7 nitrogen and oxygen atoms in total. The lowest BCUT2D eigenvalue weighted by molar-refractivity contribution is 0.627. The van der Waals surface area contributed by atoms with Crippen molar-refractivity contribution in [2.45, 2.75) is 19.4 Å². The summed E-state index contributed by atoms with van der Waals surface area (Å²) in [5.41, 5.74) is 4.59. The number of hydrogen-bond acceptors (Lipinski definition) is 7. The van der Waals surface area contributed by atoms with Crippen LogP contribution in [0.1, 0.15) is 23.4 Å². The van der Waals surface area contributed by atoms with E-state index < -0.39 is 0 Å². The van der Waals surface area contributed by atoms with Crippen LogP contribution in [0.25, 0.3) is 11.0 Å². The van der Waals surface area contributed by atoms with Gasteiger partial charge in [0.1, 0.15) is 5.82 Å². The van der Waals surface area contributed by atoms with Gasteiger partial charge in [-0.3, -0.25) is 10.5 Å². The first kappa shape index (κ1) is 12.5. The average molecular weight is 301 g/mol. The van der Waals surface area contributed by atoms with Gasteiger partial charge in [-0.1, -0.05) is 0 Å². The summed E-state index contributed by atoms with van der Waals surface area (Å²) in [6, 6.07) is 2.48. The van der Waals surface area contributed by atoms with Crippen molar-refractivity contribution in [2.24, 2.45) is 5.84 Å². The lowest BCUT2D eigenvalue weighted by atomic mass is 10.0. The molecule has 4 heterocycles. The first-order valence-electron chi connectivity index (χ1n) is 6.78. The Kier molecular flexibility index (Phi) is 2.79. The number of H-pyrrole nitrogens is 1. The van der Waals surface area contributed by atoms with E-state index in [1.807, 2.05) is 11.3 Å². The molecule has 4 N–H and O–H groups in total. The molecule has 0 bridgehead atoms. The summed E-state index contributed by atoms with van der Waals surface area (Å²) in [6.45, 7) is 3.13. The van der Waals surface area contributed by atoms with Gasteiger partial charge in [0, 0.05) is 11.4 Å². The van der Waals surface area contributed by atoms with Crippen LogP contribution in [0.3, 0.4) is 0 Å². The molecule has 0 aliphatic carbocycles. The number of anilines is 2. The molecule has 1 aliphatic heterocycles. The van der Waals surface area contributed by atoms with Gasteiger partial charge in [0.15, 0.2) is 5.65 Å². The second-order valence-electron chi connectivity index (χ2n) is 5.07. The number of hydrazine groups is 1. The summed E-state index contributed by atoms with van der Waals surface area (Å²) in [7, 11) is 0. The van der Waals surface area contributed by atoms with Gasteiger partial charge in [-0.15, -0.1) is 11.3 Å². The Hall–Kier alpha value is -2.19. The van der Waals surface area contributed by atoms with Crippen LogP contribution in [0.2, 0.25) is 0 Å². The van der Waals surface area contributed by atoms with E-state index in [2.05, 4.69) is 48.9 Å². The van der Waals surface area contributed by atoms with Crippen LogP contribution in [0.5, 0.6) is 0 Å². The normalized spacial score (nSPS) is 18.0. The van der Waals surface area contributed by atoms with E-state index in [1.165, 1.54) is 10.4 Å². The van der Waals surface area contributed by atoms with E-state index in [0.717, 1.165) is 24.2 Å². The topological polar surface area (TPSA) is 95.8 Å². The molecule has 0 fully saturated rings. The fourth-order valence-corrected chi connectivity index (χ4v) is 3.86. The molecule has 1 atom stereocenters. The van der Waals surface area contributed by atoms with Crippen molar-refractivity contribution in [3.05, 3.63) is 28.1 Å². The molecule has 0 radical (unpaired) electrons. The number of nitrogens with one attached hydrogen (secondary N) is 2. The Morgan fingerprint density at radius 3 is 3.24 bits per heavy atom. The highest BCUT2D eigenvalue weighted by molar-refractivity contribution is 7.10. The summed E-state index contributed by atoms with van der Waals surface area (Å²) in [5.74, 6) is 6.74. The Balaban J connectivity index is 1.85. The van der Waals surface area contributed by atoms with E-state index in [4.69, 9.17) is 5.84 Å². The van der Waals surface area contributed by atoms with E-state index in [0.29, 0.717) is 11.6 Å². The third-order valence-electron chi connectivity index (χ3n) is 3.97. The van der Waals surface area contributed by atoms with Crippen LogP contribution in [-0.4, -0.2) is 26.7 Å². The molecule has 108 valence electrons. The van der Waals surface area contributed by atoms with Gasteiger partial charge >= 0.3 is 0 Å². The first-order chi connectivity index (χ1) is 10.3. The lowest BCUT2D eigenvalue weighted by Crippen LogP contribution is -2.34. The van der Waals surface area contributed by atoms with Gasteiger partial charge in [0.2, 0.25) is 5.95 Å². The minimum atomic E-state index is 0.277. The van der Waals surface area contributed by atoms with Crippen LogP contribution in [0.4, 0.5) is 11.8 Å². The fraction of sp³-hybridized carbons (Fsp3) is 0.308. The van der Waals surface area contributed by atoms with Gasteiger partial charge in [-0.05, 0) is 30.4 Å². The van der Waals surface area contributed by atoms with Crippen molar-refractivity contribution in [3.63, 3.8) is 0 Å². The Morgan fingerprint density at radius 1 is 1.48 bits per heavy atom. The number of thiophene rings is 1. The number of aromatic amines is 1. The largest absolute Gasteiger partial charge is 0.349 e. The average Bonchev–Trinajstić information content (AvgIpc) is 3.15. The SMILES string of the molecule is CC1c2ccsc2CCN1c1nc(NN)nc2[nH]ncc12. The smallest absolute Gasteiger partial charge is 0.241 e. The van der Waals surface area contributed by atoms with Crippen LogP contribution in [-0.2, 0) is 6.42 Å². The third-order valence-corrected chi connectivity index (χ3v) is 4.96. The highest BCUT2D eigenvalue weighted by Crippen LogP contribution is 2.37. The molecule has 3 aromatic rings. The van der Waals surface area contributed by atoms with Crippen LogP contribution in [0.15, 0.2) is 17.6 Å². The molecule has 3 aromatic heterocycles. The van der Waals surface area contributed by atoms with Gasteiger partial charge in [-0.25, -0.2) is 5.84 Å². The quantitative estimate of drug-likeness (QED) is 0.493. The Morgan fingerprint density at radius 2 is 2.38 bits per heavy atom. The number of rotatable bonds is 2. The van der Waals surface area contributed by atoms with Gasteiger partial charge in [-0.2, -0.15) is 15.1 Å². The minimum absolute atomic E-state index is 0.277. The summed E-state index contributed by atoms with van der Waals surface area (Å²) < 4.78 is 0. The zero-order chi connectivity index (χ0) is 14.4. The Bertz CT molecular complexity index is 793. The molecule has 4 rings (SSSR count). The van der Waals surface area contributed by atoms with Gasteiger partial charge < -0.3 is 4.90 Å². The maximum absolute atomic E-state index is 5.48. The Labute approximate surface area is 125 Å². The molecule has 0 amide bonds. The predicted molar refractivity (Wildman–Crippen MR) is 83.3 cm³/mol. The number of nitrogen functional groups attached to an aromatic ring is 1. The molecule has 1 aliphatic rings. The standard InChI is InChI=1S/C13H15N7S/c1-7-8-3-5-21-10(8)2-4-20(7)12-9-6-15-19-11(9)16-13(17-12)18-14/h3,5-7H,2,4,14H2,1H3,(H2,15,16,17,18,19). The highest BCUT2D eigenvalue weighted by Gasteiger charge is 2.27. The first-order valence-corrected chi connectivity index (χ1v) is 7.66. The van der Waals surface area contributed by atoms with Crippen molar-refractivity contribution in [1.82, 2.24) is 20.2 Å². The van der Waals surface area contributed by atoms with E-state index in [9.17, 15) is 0 Å². The van der Waals surface area contributed by atoms with E-state index in [1.54, 1.807) is 6.20 Å². The van der Waals surface area contributed by atoms with Gasteiger partial charge in [0.25, 0.3) is 0 Å². The third kappa shape index (κ3) is 1.87. The zero-order valence-electron chi connectivity index (χ0n) is 11.5. The van der Waals surface area contributed by atoms with Crippen LogP contribution in [0, 0.1) is 0 Å². The molecule has 0 aromatic carbocycles. The second-order valence-corrected chi connectivity index (χ2v) is 6.07. The number of fused-ring (bicyclic) bond motifs is 2. The summed E-state index contributed by atoms with van der Waals surface area (Å²) >= 11 is 1.83. The monoisotopic (exact) mass is 301 g/mol. The van der Waals surface area contributed by atoms with Crippen molar-refractivity contribution in [3.8, 4) is 0 Å².